The van der Waals surface area contributed by atoms with Crippen molar-refractivity contribution in [3.63, 3.8) is 0 Å². The van der Waals surface area contributed by atoms with Crippen molar-refractivity contribution in [3.8, 4) is 0 Å². The van der Waals surface area contributed by atoms with Crippen molar-refractivity contribution in [1.82, 2.24) is 4.98 Å². The zero-order valence-electron chi connectivity index (χ0n) is 7.91. The molecular weight excluding hydrogens is 218 g/mol. The normalized spacial score (nSPS) is 11.4. The number of nitrogens with zero attached hydrogens (tertiary/aromatic N) is 1. The highest BCUT2D eigenvalue weighted by molar-refractivity contribution is 5.89. The van der Waals surface area contributed by atoms with E-state index in [-0.39, 0.29) is 10.9 Å². The molecule has 0 fully saturated rings. The van der Waals surface area contributed by atoms with Gasteiger partial charge in [0.25, 0.3) is 0 Å². The molecule has 0 atom stereocenters. The summed E-state index contributed by atoms with van der Waals surface area (Å²) in [5, 5.41) is 10.3. The number of benzene rings is 1. The van der Waals surface area contributed by atoms with Crippen molar-refractivity contribution in [2.45, 2.75) is 0 Å². The van der Waals surface area contributed by atoms with Crippen LogP contribution in [0, 0.1) is 21.7 Å². The first-order chi connectivity index (χ1) is 7.58. The molecular formula is C10H6F2N2O2. The van der Waals surface area contributed by atoms with Gasteiger partial charge in [0.15, 0.2) is 0 Å². The number of nitrogens with one attached hydrogen (secondary N) is 1. The van der Waals surface area contributed by atoms with Gasteiger partial charge >= 0.3 is 0 Å². The third-order valence-corrected chi connectivity index (χ3v) is 2.10. The highest BCUT2D eigenvalue weighted by Gasteiger charge is 2.09. The standard InChI is InChI=1S/C10H6F2N2O2/c11-7-3-8(12)10-6(1-2-14(15)16)5-13-9(10)4-7/h1-5,13H/b2-1+. The van der Waals surface area contributed by atoms with E-state index >= 15 is 0 Å². The van der Waals surface area contributed by atoms with Gasteiger partial charge in [-0.25, -0.2) is 8.78 Å². The lowest BCUT2D eigenvalue weighted by Gasteiger charge is -1.94. The van der Waals surface area contributed by atoms with Crippen LogP contribution < -0.4 is 0 Å². The zero-order chi connectivity index (χ0) is 11.7. The Kier molecular flexibility index (Phi) is 2.40. The Hall–Kier alpha value is -2.24. The van der Waals surface area contributed by atoms with E-state index in [0.29, 0.717) is 11.8 Å². The van der Waals surface area contributed by atoms with Crippen molar-refractivity contribution in [2.75, 3.05) is 0 Å². The lowest BCUT2D eigenvalue weighted by molar-refractivity contribution is -0.400. The SMILES string of the molecule is O=[N+]([O-])/C=C/c1c[nH]c2cc(F)cc(F)c12. The van der Waals surface area contributed by atoms with Crippen molar-refractivity contribution in [1.29, 1.82) is 0 Å². The monoisotopic (exact) mass is 224 g/mol. The summed E-state index contributed by atoms with van der Waals surface area (Å²) in [4.78, 5) is 12.1. The third kappa shape index (κ3) is 1.77. The van der Waals surface area contributed by atoms with Crippen LogP contribution in [0.15, 0.2) is 24.5 Å². The minimum absolute atomic E-state index is 0.138. The molecule has 0 aliphatic rings. The second kappa shape index (κ2) is 3.73. The molecule has 2 aromatic rings. The topological polar surface area (TPSA) is 58.9 Å². The average Bonchev–Trinajstić information content (AvgIpc) is 2.57. The molecule has 82 valence electrons. The Balaban J connectivity index is 2.60. The zero-order valence-corrected chi connectivity index (χ0v) is 7.91. The van der Waals surface area contributed by atoms with Gasteiger partial charge in [-0.05, 0) is 6.07 Å². The quantitative estimate of drug-likeness (QED) is 0.629. The number of aromatic nitrogens is 1. The fourth-order valence-electron chi connectivity index (χ4n) is 1.48. The van der Waals surface area contributed by atoms with Crippen LogP contribution in [-0.2, 0) is 0 Å². The molecule has 16 heavy (non-hydrogen) atoms. The summed E-state index contributed by atoms with van der Waals surface area (Å²) in [5.74, 6) is -1.45. The molecule has 1 aromatic heterocycles. The molecule has 0 bridgehead atoms. The molecule has 0 aliphatic heterocycles. The maximum atomic E-state index is 13.4. The van der Waals surface area contributed by atoms with Crippen LogP contribution in [0.4, 0.5) is 8.78 Å². The molecule has 0 saturated carbocycles. The van der Waals surface area contributed by atoms with E-state index in [1.807, 2.05) is 0 Å². The first-order valence-corrected chi connectivity index (χ1v) is 4.36. The number of nitro groups is 1. The fraction of sp³-hybridized carbons (Fsp3) is 0. The van der Waals surface area contributed by atoms with Gasteiger partial charge in [0, 0.05) is 29.3 Å². The average molecular weight is 224 g/mol. The predicted molar refractivity (Wildman–Crippen MR) is 54.2 cm³/mol. The number of hydrogen-bond donors (Lipinski definition) is 1. The number of aromatic amines is 1. The Bertz CT molecular complexity index is 590. The van der Waals surface area contributed by atoms with E-state index in [4.69, 9.17) is 0 Å². The molecule has 0 spiro atoms. The second-order valence-corrected chi connectivity index (χ2v) is 3.16. The van der Waals surface area contributed by atoms with E-state index in [1.54, 1.807) is 0 Å². The number of fused-ring (bicyclic) bond motifs is 1. The Morgan fingerprint density at radius 1 is 1.38 bits per heavy atom. The van der Waals surface area contributed by atoms with Crippen molar-refractivity contribution >= 4 is 17.0 Å². The van der Waals surface area contributed by atoms with Gasteiger partial charge in [0.2, 0.25) is 6.20 Å². The minimum atomic E-state index is -0.751. The van der Waals surface area contributed by atoms with Gasteiger partial charge in [-0.15, -0.1) is 0 Å². The smallest absolute Gasteiger partial charge is 0.235 e. The molecule has 2 rings (SSSR count). The Morgan fingerprint density at radius 2 is 2.12 bits per heavy atom. The summed E-state index contributed by atoms with van der Waals surface area (Å²) in [6.45, 7) is 0. The molecule has 0 saturated heterocycles. The fourth-order valence-corrected chi connectivity index (χ4v) is 1.48. The van der Waals surface area contributed by atoms with E-state index in [9.17, 15) is 18.9 Å². The van der Waals surface area contributed by atoms with Crippen LogP contribution >= 0.6 is 0 Å². The van der Waals surface area contributed by atoms with Crippen molar-refractivity contribution in [3.05, 3.63) is 51.8 Å². The molecule has 1 N–H and O–H groups in total. The molecule has 6 heteroatoms. The first kappa shape index (κ1) is 10.3. The Morgan fingerprint density at radius 3 is 2.81 bits per heavy atom. The molecule has 1 aromatic carbocycles. The summed E-state index contributed by atoms with van der Waals surface area (Å²) < 4.78 is 26.2. The van der Waals surface area contributed by atoms with Crippen molar-refractivity contribution < 1.29 is 13.7 Å². The number of rotatable bonds is 2. The second-order valence-electron chi connectivity index (χ2n) is 3.16. The highest BCUT2D eigenvalue weighted by atomic mass is 19.1. The Labute approximate surface area is 88.3 Å². The number of halogens is 2. The van der Waals surface area contributed by atoms with Gasteiger partial charge < -0.3 is 4.98 Å². The van der Waals surface area contributed by atoms with Gasteiger partial charge in [-0.1, -0.05) is 0 Å². The van der Waals surface area contributed by atoms with E-state index in [1.165, 1.54) is 6.20 Å². The molecule has 4 nitrogen and oxygen atoms in total. The lowest BCUT2D eigenvalue weighted by Crippen LogP contribution is -1.84. The highest BCUT2D eigenvalue weighted by Crippen LogP contribution is 2.23. The van der Waals surface area contributed by atoms with Crippen LogP contribution in [0.5, 0.6) is 0 Å². The minimum Gasteiger partial charge on any atom is -0.360 e. The van der Waals surface area contributed by atoms with Gasteiger partial charge in [0.1, 0.15) is 11.6 Å². The van der Waals surface area contributed by atoms with E-state index in [0.717, 1.165) is 18.2 Å². The van der Waals surface area contributed by atoms with Crippen LogP contribution in [0.1, 0.15) is 5.56 Å². The summed E-state index contributed by atoms with van der Waals surface area (Å²) in [6, 6.07) is 1.86. The number of hydrogen-bond acceptors (Lipinski definition) is 2. The summed E-state index contributed by atoms with van der Waals surface area (Å²) in [5.41, 5.74) is 0.574. The van der Waals surface area contributed by atoms with E-state index < -0.39 is 16.6 Å². The van der Waals surface area contributed by atoms with Crippen LogP contribution in [0.2, 0.25) is 0 Å². The maximum absolute atomic E-state index is 13.4. The molecule has 0 radical (unpaired) electrons. The predicted octanol–water partition coefficient (Wildman–Crippen LogP) is 2.69. The molecule has 0 aliphatic carbocycles. The first-order valence-electron chi connectivity index (χ1n) is 4.36. The molecule has 1 heterocycles. The summed E-state index contributed by atoms with van der Waals surface area (Å²) in [6.07, 6.45) is 3.23. The van der Waals surface area contributed by atoms with Crippen LogP contribution in [0.3, 0.4) is 0 Å². The largest absolute Gasteiger partial charge is 0.360 e. The number of H-pyrrole nitrogens is 1. The van der Waals surface area contributed by atoms with Gasteiger partial charge in [-0.3, -0.25) is 10.1 Å². The summed E-state index contributed by atoms with van der Waals surface area (Å²) in [7, 11) is 0. The van der Waals surface area contributed by atoms with Gasteiger partial charge in [-0.2, -0.15) is 0 Å². The summed E-state index contributed by atoms with van der Waals surface area (Å²) >= 11 is 0. The maximum Gasteiger partial charge on any atom is 0.235 e. The van der Waals surface area contributed by atoms with Crippen LogP contribution in [-0.4, -0.2) is 9.91 Å². The molecule has 0 unspecified atom stereocenters. The van der Waals surface area contributed by atoms with Crippen LogP contribution in [0.25, 0.3) is 17.0 Å². The third-order valence-electron chi connectivity index (χ3n) is 2.10. The van der Waals surface area contributed by atoms with E-state index in [2.05, 4.69) is 4.98 Å². The van der Waals surface area contributed by atoms with Gasteiger partial charge in [0.05, 0.1) is 10.4 Å². The lowest BCUT2D eigenvalue weighted by atomic mass is 10.1. The van der Waals surface area contributed by atoms with Crippen molar-refractivity contribution in [2.24, 2.45) is 0 Å². The molecule has 0 amide bonds.